The van der Waals surface area contributed by atoms with Crippen LogP contribution in [0.2, 0.25) is 0 Å². The van der Waals surface area contributed by atoms with Crippen LogP contribution in [-0.2, 0) is 0 Å². The number of piperazine rings is 1. The molecular formula is C20H22FN3O3. The lowest BCUT2D eigenvalue weighted by Crippen LogP contribution is -2.41. The first-order chi connectivity index (χ1) is 13.1. The van der Waals surface area contributed by atoms with E-state index in [1.807, 2.05) is 5.01 Å². The van der Waals surface area contributed by atoms with E-state index in [0.717, 1.165) is 31.7 Å². The molecular weight excluding hydrogens is 349 g/mol. The van der Waals surface area contributed by atoms with E-state index in [0.29, 0.717) is 5.75 Å². The van der Waals surface area contributed by atoms with Crippen molar-refractivity contribution in [3.8, 4) is 11.5 Å². The van der Waals surface area contributed by atoms with Crippen molar-refractivity contribution >= 4 is 12.2 Å². The molecule has 2 aromatic rings. The summed E-state index contributed by atoms with van der Waals surface area (Å²) in [5.41, 5.74) is 0.691. The zero-order valence-corrected chi connectivity index (χ0v) is 15.4. The average Bonchev–Trinajstić information content (AvgIpc) is 2.68. The third-order valence-corrected chi connectivity index (χ3v) is 4.33. The first kappa shape index (κ1) is 18.8. The molecule has 0 spiro atoms. The van der Waals surface area contributed by atoms with Gasteiger partial charge in [-0.25, -0.2) is 9.18 Å². The SMILES string of the molecule is COc1cc(/C=N/N2CCN(C)CC2)ccc1OC(=O)c1ccccc1F. The van der Waals surface area contributed by atoms with Crippen molar-refractivity contribution < 1.29 is 18.7 Å². The molecule has 0 N–H and O–H groups in total. The molecule has 27 heavy (non-hydrogen) atoms. The fourth-order valence-electron chi connectivity index (χ4n) is 2.69. The Morgan fingerprint density at radius 3 is 2.56 bits per heavy atom. The van der Waals surface area contributed by atoms with Gasteiger partial charge in [0.2, 0.25) is 0 Å². The maximum Gasteiger partial charge on any atom is 0.346 e. The number of likely N-dealkylation sites (N-methyl/N-ethyl adjacent to an activating group) is 1. The Hall–Kier alpha value is -2.93. The predicted molar refractivity (Wildman–Crippen MR) is 101 cm³/mol. The summed E-state index contributed by atoms with van der Waals surface area (Å²) >= 11 is 0. The van der Waals surface area contributed by atoms with Gasteiger partial charge in [-0.3, -0.25) is 5.01 Å². The summed E-state index contributed by atoms with van der Waals surface area (Å²) in [5, 5.41) is 6.49. The van der Waals surface area contributed by atoms with Crippen LogP contribution in [-0.4, -0.2) is 62.4 Å². The first-order valence-corrected chi connectivity index (χ1v) is 8.69. The second-order valence-electron chi connectivity index (χ2n) is 6.28. The molecule has 0 atom stereocenters. The number of nitrogens with zero attached hydrogens (tertiary/aromatic N) is 3. The molecule has 0 bridgehead atoms. The normalized spacial score (nSPS) is 15.1. The standard InChI is InChI=1S/C20H22FN3O3/c1-23-9-11-24(12-10-23)22-14-15-7-8-18(19(13-15)26-2)27-20(25)16-5-3-4-6-17(16)21/h3-8,13-14H,9-12H2,1-2H3/b22-14+. The van der Waals surface area contributed by atoms with Gasteiger partial charge in [-0.05, 0) is 42.9 Å². The predicted octanol–water partition coefficient (Wildman–Crippen LogP) is 2.63. The van der Waals surface area contributed by atoms with Crippen LogP contribution >= 0.6 is 0 Å². The average molecular weight is 371 g/mol. The highest BCUT2D eigenvalue weighted by atomic mass is 19.1. The van der Waals surface area contributed by atoms with Gasteiger partial charge in [0.15, 0.2) is 11.5 Å². The zero-order chi connectivity index (χ0) is 19.2. The highest BCUT2D eigenvalue weighted by Crippen LogP contribution is 2.28. The molecule has 1 heterocycles. The van der Waals surface area contributed by atoms with Gasteiger partial charge in [0.25, 0.3) is 0 Å². The van der Waals surface area contributed by atoms with Crippen LogP contribution in [0, 0.1) is 5.82 Å². The van der Waals surface area contributed by atoms with Gasteiger partial charge < -0.3 is 14.4 Å². The minimum atomic E-state index is -0.773. The number of hydrazone groups is 1. The van der Waals surface area contributed by atoms with Crippen molar-refractivity contribution in [1.29, 1.82) is 0 Å². The smallest absolute Gasteiger partial charge is 0.346 e. The summed E-state index contributed by atoms with van der Waals surface area (Å²) in [6.07, 6.45) is 1.75. The maximum absolute atomic E-state index is 13.7. The molecule has 1 aliphatic heterocycles. The zero-order valence-electron chi connectivity index (χ0n) is 15.4. The Bertz CT molecular complexity index is 833. The molecule has 0 aromatic heterocycles. The van der Waals surface area contributed by atoms with Crippen molar-refractivity contribution in [2.75, 3.05) is 40.3 Å². The summed E-state index contributed by atoms with van der Waals surface area (Å²) < 4.78 is 24.3. The highest BCUT2D eigenvalue weighted by molar-refractivity contribution is 5.92. The van der Waals surface area contributed by atoms with Gasteiger partial charge in [-0.15, -0.1) is 0 Å². The number of benzene rings is 2. The van der Waals surface area contributed by atoms with Crippen LogP contribution in [0.15, 0.2) is 47.6 Å². The second kappa shape index (κ2) is 8.64. The lowest BCUT2D eigenvalue weighted by molar-refractivity contribution is 0.0725. The van der Waals surface area contributed by atoms with E-state index in [-0.39, 0.29) is 11.3 Å². The molecule has 2 aromatic carbocycles. The molecule has 1 saturated heterocycles. The molecule has 142 valence electrons. The topological polar surface area (TPSA) is 54.4 Å². The maximum atomic E-state index is 13.7. The van der Waals surface area contributed by atoms with E-state index in [1.54, 1.807) is 30.5 Å². The Labute approximate surface area is 157 Å². The summed E-state index contributed by atoms with van der Waals surface area (Å²) in [4.78, 5) is 14.4. The number of methoxy groups -OCH3 is 1. The highest BCUT2D eigenvalue weighted by Gasteiger charge is 2.16. The van der Waals surface area contributed by atoms with E-state index < -0.39 is 11.8 Å². The Kier molecular flexibility index (Phi) is 6.03. The number of carbonyl (C=O) groups is 1. The van der Waals surface area contributed by atoms with Crippen LogP contribution in [0.1, 0.15) is 15.9 Å². The molecule has 1 fully saturated rings. The molecule has 0 radical (unpaired) electrons. The number of carbonyl (C=O) groups excluding carboxylic acids is 1. The summed E-state index contributed by atoms with van der Waals surface area (Å²) in [7, 11) is 3.57. The Morgan fingerprint density at radius 1 is 1.11 bits per heavy atom. The van der Waals surface area contributed by atoms with Crippen LogP contribution in [0.4, 0.5) is 4.39 Å². The van der Waals surface area contributed by atoms with Gasteiger partial charge in [0.1, 0.15) is 5.82 Å². The number of hydrogen-bond donors (Lipinski definition) is 0. The van der Waals surface area contributed by atoms with Crippen molar-refractivity contribution in [1.82, 2.24) is 9.91 Å². The van der Waals surface area contributed by atoms with Crippen LogP contribution in [0.25, 0.3) is 0 Å². The summed E-state index contributed by atoms with van der Waals surface area (Å²) in [5.74, 6) is -0.799. The largest absolute Gasteiger partial charge is 0.493 e. The minimum Gasteiger partial charge on any atom is -0.493 e. The number of halogens is 1. The van der Waals surface area contributed by atoms with E-state index in [1.165, 1.54) is 25.3 Å². The third kappa shape index (κ3) is 4.83. The molecule has 1 aliphatic rings. The third-order valence-electron chi connectivity index (χ3n) is 4.33. The van der Waals surface area contributed by atoms with E-state index >= 15 is 0 Å². The van der Waals surface area contributed by atoms with Gasteiger partial charge in [0, 0.05) is 26.2 Å². The Balaban J connectivity index is 1.71. The lowest BCUT2D eigenvalue weighted by Gasteiger charge is -2.30. The molecule has 6 nitrogen and oxygen atoms in total. The number of esters is 1. The van der Waals surface area contributed by atoms with Crippen molar-refractivity contribution in [2.45, 2.75) is 0 Å². The number of rotatable bonds is 5. The molecule has 0 unspecified atom stereocenters. The monoisotopic (exact) mass is 371 g/mol. The van der Waals surface area contributed by atoms with Crippen molar-refractivity contribution in [3.63, 3.8) is 0 Å². The Morgan fingerprint density at radius 2 is 1.85 bits per heavy atom. The van der Waals surface area contributed by atoms with Gasteiger partial charge in [-0.1, -0.05) is 12.1 Å². The van der Waals surface area contributed by atoms with Gasteiger partial charge in [-0.2, -0.15) is 5.10 Å². The number of ether oxygens (including phenoxy) is 2. The van der Waals surface area contributed by atoms with Gasteiger partial charge in [0.05, 0.1) is 18.9 Å². The number of hydrogen-bond acceptors (Lipinski definition) is 6. The first-order valence-electron chi connectivity index (χ1n) is 8.69. The van der Waals surface area contributed by atoms with Crippen molar-refractivity contribution in [2.24, 2.45) is 5.10 Å². The van der Waals surface area contributed by atoms with Crippen LogP contribution in [0.3, 0.4) is 0 Å². The second-order valence-corrected chi connectivity index (χ2v) is 6.28. The van der Waals surface area contributed by atoms with Crippen molar-refractivity contribution in [3.05, 3.63) is 59.4 Å². The van der Waals surface area contributed by atoms with Crippen LogP contribution in [0.5, 0.6) is 11.5 Å². The molecule has 3 rings (SSSR count). The summed E-state index contributed by atoms with van der Waals surface area (Å²) in [6.45, 7) is 3.71. The van der Waals surface area contributed by atoms with Gasteiger partial charge >= 0.3 is 5.97 Å². The van der Waals surface area contributed by atoms with E-state index in [9.17, 15) is 9.18 Å². The minimum absolute atomic E-state index is 0.125. The fraction of sp³-hybridized carbons (Fsp3) is 0.300. The lowest BCUT2D eigenvalue weighted by atomic mass is 10.2. The molecule has 0 saturated carbocycles. The van der Waals surface area contributed by atoms with E-state index in [2.05, 4.69) is 17.0 Å². The van der Waals surface area contributed by atoms with Crippen LogP contribution < -0.4 is 9.47 Å². The molecule has 0 amide bonds. The van der Waals surface area contributed by atoms with E-state index in [4.69, 9.17) is 9.47 Å². The molecule has 7 heteroatoms. The fourth-order valence-corrected chi connectivity index (χ4v) is 2.69. The molecule has 0 aliphatic carbocycles. The quantitative estimate of drug-likeness (QED) is 0.459. The summed E-state index contributed by atoms with van der Waals surface area (Å²) in [6, 6.07) is 10.8.